The van der Waals surface area contributed by atoms with E-state index in [0.717, 1.165) is 34.8 Å². The van der Waals surface area contributed by atoms with Crippen molar-refractivity contribution in [2.75, 3.05) is 19.6 Å². The molecule has 0 unspecified atom stereocenters. The lowest BCUT2D eigenvalue weighted by Crippen LogP contribution is -2.50. The molecule has 0 radical (unpaired) electrons. The minimum absolute atomic E-state index is 0.135. The van der Waals surface area contributed by atoms with Crippen molar-refractivity contribution in [2.24, 2.45) is 4.99 Å². The van der Waals surface area contributed by atoms with Crippen LogP contribution in [0.15, 0.2) is 38.6 Å². The predicted molar refractivity (Wildman–Crippen MR) is 91.2 cm³/mol. The molecule has 2 heterocycles. The van der Waals surface area contributed by atoms with Crippen molar-refractivity contribution >= 4 is 44.8 Å². The predicted octanol–water partition coefficient (Wildman–Crippen LogP) is 2.71. The number of hydrogen-bond acceptors (Lipinski definition) is 4. The van der Waals surface area contributed by atoms with Crippen LogP contribution in [0.5, 0.6) is 0 Å². The zero-order chi connectivity index (χ0) is 14.8. The van der Waals surface area contributed by atoms with E-state index in [0.29, 0.717) is 10.9 Å². The van der Waals surface area contributed by atoms with Crippen molar-refractivity contribution < 1.29 is 4.79 Å². The summed E-state index contributed by atoms with van der Waals surface area (Å²) < 4.78 is 1.03. The minimum Gasteiger partial charge on any atom is -0.348 e. The summed E-state index contributed by atoms with van der Waals surface area (Å²) in [6.07, 6.45) is 1.90. The summed E-state index contributed by atoms with van der Waals surface area (Å²) in [7, 11) is 0. The van der Waals surface area contributed by atoms with Crippen molar-refractivity contribution in [3.05, 3.63) is 39.2 Å². The summed E-state index contributed by atoms with van der Waals surface area (Å²) in [5, 5.41) is 4.22. The zero-order valence-electron chi connectivity index (χ0n) is 11.7. The highest BCUT2D eigenvalue weighted by Gasteiger charge is 2.28. The standard InChI is InChI=1S/C15H16BrN3OS/c1-10-9-19(7-6-17-10)15-18-14(20)13(21-15)8-11-2-4-12(16)5-3-11/h2-5,8,10,17H,6-7,9H2,1H3/b13-8+/t10-/m1/s1. The van der Waals surface area contributed by atoms with Crippen LogP contribution in [-0.2, 0) is 4.79 Å². The Morgan fingerprint density at radius 1 is 1.43 bits per heavy atom. The Balaban J connectivity index is 1.73. The Morgan fingerprint density at radius 3 is 2.90 bits per heavy atom. The van der Waals surface area contributed by atoms with E-state index < -0.39 is 0 Å². The van der Waals surface area contributed by atoms with Gasteiger partial charge in [-0.15, -0.1) is 0 Å². The Morgan fingerprint density at radius 2 is 2.19 bits per heavy atom. The molecule has 0 bridgehead atoms. The number of nitrogens with one attached hydrogen (secondary N) is 1. The fourth-order valence-corrected chi connectivity index (χ4v) is 3.56. The number of carbonyl (C=O) groups excluding carboxylic acids is 1. The maximum absolute atomic E-state index is 12.1. The number of amides is 1. The number of carbonyl (C=O) groups is 1. The second-order valence-corrected chi connectivity index (χ2v) is 7.09. The molecule has 0 aromatic heterocycles. The molecule has 3 rings (SSSR count). The molecule has 4 nitrogen and oxygen atoms in total. The largest absolute Gasteiger partial charge is 0.348 e. The molecule has 2 aliphatic heterocycles. The summed E-state index contributed by atoms with van der Waals surface area (Å²) >= 11 is 4.88. The molecular weight excluding hydrogens is 350 g/mol. The number of hydrogen-bond donors (Lipinski definition) is 1. The number of rotatable bonds is 1. The van der Waals surface area contributed by atoms with Gasteiger partial charge < -0.3 is 10.2 Å². The quantitative estimate of drug-likeness (QED) is 0.777. The second-order valence-electron chi connectivity index (χ2n) is 5.16. The number of piperazine rings is 1. The molecule has 110 valence electrons. The van der Waals surface area contributed by atoms with Crippen molar-refractivity contribution in [2.45, 2.75) is 13.0 Å². The summed E-state index contributed by atoms with van der Waals surface area (Å²) in [4.78, 5) is 19.1. The van der Waals surface area contributed by atoms with Crippen molar-refractivity contribution in [1.29, 1.82) is 0 Å². The molecule has 1 amide bonds. The number of nitrogens with zero attached hydrogens (tertiary/aromatic N) is 2. The fraction of sp³-hybridized carbons (Fsp3) is 0.333. The van der Waals surface area contributed by atoms with Gasteiger partial charge in [0.1, 0.15) is 0 Å². The number of aliphatic imine (C=N–C) groups is 1. The van der Waals surface area contributed by atoms with Gasteiger partial charge in [0.15, 0.2) is 5.17 Å². The van der Waals surface area contributed by atoms with E-state index in [-0.39, 0.29) is 5.91 Å². The van der Waals surface area contributed by atoms with E-state index >= 15 is 0 Å². The van der Waals surface area contributed by atoms with Crippen molar-refractivity contribution in [3.63, 3.8) is 0 Å². The highest BCUT2D eigenvalue weighted by atomic mass is 79.9. The molecule has 1 fully saturated rings. The van der Waals surface area contributed by atoms with Crippen molar-refractivity contribution in [1.82, 2.24) is 10.2 Å². The van der Waals surface area contributed by atoms with E-state index in [4.69, 9.17) is 0 Å². The Hall–Kier alpha value is -1.11. The van der Waals surface area contributed by atoms with Gasteiger partial charge in [-0.05, 0) is 42.5 Å². The average molecular weight is 366 g/mol. The topological polar surface area (TPSA) is 44.7 Å². The molecule has 2 aliphatic rings. The monoisotopic (exact) mass is 365 g/mol. The first-order chi connectivity index (χ1) is 10.1. The first-order valence-corrected chi connectivity index (χ1v) is 8.49. The Labute approximate surface area is 136 Å². The fourth-order valence-electron chi connectivity index (χ4n) is 2.35. The lowest BCUT2D eigenvalue weighted by molar-refractivity contribution is -0.113. The average Bonchev–Trinajstić information content (AvgIpc) is 2.83. The van der Waals surface area contributed by atoms with Gasteiger partial charge in [0, 0.05) is 30.1 Å². The third-order valence-electron chi connectivity index (χ3n) is 3.42. The van der Waals surface area contributed by atoms with Gasteiger partial charge in [-0.1, -0.05) is 28.1 Å². The Kier molecular flexibility index (Phi) is 4.47. The van der Waals surface area contributed by atoms with Crippen molar-refractivity contribution in [3.8, 4) is 0 Å². The molecule has 1 atom stereocenters. The van der Waals surface area contributed by atoms with Crippen LogP contribution in [0, 0.1) is 0 Å². The third-order valence-corrected chi connectivity index (χ3v) is 4.99. The lowest BCUT2D eigenvalue weighted by atomic mass is 10.2. The zero-order valence-corrected chi connectivity index (χ0v) is 14.1. The maximum Gasteiger partial charge on any atom is 0.286 e. The van der Waals surface area contributed by atoms with Gasteiger partial charge >= 0.3 is 0 Å². The van der Waals surface area contributed by atoms with Crippen LogP contribution in [-0.4, -0.2) is 41.7 Å². The molecule has 0 aliphatic carbocycles. The number of thioether (sulfide) groups is 1. The molecule has 0 spiro atoms. The van der Waals surface area contributed by atoms with Gasteiger partial charge in [0.25, 0.3) is 5.91 Å². The molecule has 6 heteroatoms. The van der Waals surface area contributed by atoms with Crippen LogP contribution in [0.4, 0.5) is 0 Å². The highest BCUT2D eigenvalue weighted by Crippen LogP contribution is 2.30. The van der Waals surface area contributed by atoms with Gasteiger partial charge in [-0.2, -0.15) is 4.99 Å². The first kappa shape index (κ1) is 14.8. The Bertz CT molecular complexity index is 612. The molecule has 1 aromatic carbocycles. The molecule has 1 aromatic rings. The minimum atomic E-state index is -0.135. The normalized spacial score (nSPS) is 24.6. The number of halogens is 1. The summed E-state index contributed by atoms with van der Waals surface area (Å²) in [6.45, 7) is 4.87. The number of benzene rings is 1. The smallest absolute Gasteiger partial charge is 0.286 e. The van der Waals surface area contributed by atoms with E-state index in [1.54, 1.807) is 0 Å². The summed E-state index contributed by atoms with van der Waals surface area (Å²) in [5.74, 6) is -0.135. The first-order valence-electron chi connectivity index (χ1n) is 6.88. The molecule has 1 N–H and O–H groups in total. The van der Waals surface area contributed by atoms with E-state index in [1.165, 1.54) is 11.8 Å². The summed E-state index contributed by atoms with van der Waals surface area (Å²) in [5.41, 5.74) is 1.01. The van der Waals surface area contributed by atoms with Gasteiger partial charge in [-0.3, -0.25) is 4.79 Å². The van der Waals surface area contributed by atoms with Gasteiger partial charge in [0.05, 0.1) is 4.91 Å². The highest BCUT2D eigenvalue weighted by molar-refractivity contribution is 9.10. The van der Waals surface area contributed by atoms with Crippen LogP contribution in [0.2, 0.25) is 0 Å². The third kappa shape index (κ3) is 3.56. The van der Waals surface area contributed by atoms with Crippen LogP contribution >= 0.6 is 27.7 Å². The molecule has 21 heavy (non-hydrogen) atoms. The molecule has 1 saturated heterocycles. The second kappa shape index (κ2) is 6.34. The van der Waals surface area contributed by atoms with Gasteiger partial charge in [0.2, 0.25) is 0 Å². The number of amidine groups is 1. The molecular formula is C15H16BrN3OS. The van der Waals surface area contributed by atoms with Crippen LogP contribution in [0.25, 0.3) is 6.08 Å². The van der Waals surface area contributed by atoms with Crippen LogP contribution in [0.1, 0.15) is 12.5 Å². The SMILES string of the molecule is C[C@@H]1CN(C2=NC(=O)/C(=C\c3ccc(Br)cc3)S2)CCN1. The lowest BCUT2D eigenvalue weighted by Gasteiger charge is -2.32. The maximum atomic E-state index is 12.1. The van der Waals surface area contributed by atoms with Crippen LogP contribution in [0.3, 0.4) is 0 Å². The molecule has 0 saturated carbocycles. The van der Waals surface area contributed by atoms with Crippen LogP contribution < -0.4 is 5.32 Å². The van der Waals surface area contributed by atoms with E-state index in [1.807, 2.05) is 30.3 Å². The van der Waals surface area contributed by atoms with E-state index in [2.05, 4.69) is 38.1 Å². The van der Waals surface area contributed by atoms with Gasteiger partial charge in [-0.25, -0.2) is 0 Å². The van der Waals surface area contributed by atoms with E-state index in [9.17, 15) is 4.79 Å². The summed E-state index contributed by atoms with van der Waals surface area (Å²) in [6, 6.07) is 8.33.